The van der Waals surface area contributed by atoms with Crippen molar-refractivity contribution in [3.05, 3.63) is 0 Å². The second kappa shape index (κ2) is 4.56. The van der Waals surface area contributed by atoms with Crippen LogP contribution in [0.5, 0.6) is 0 Å². The number of thioether (sulfide) groups is 1. The van der Waals surface area contributed by atoms with Crippen LogP contribution in [0.25, 0.3) is 0 Å². The highest BCUT2D eigenvalue weighted by Gasteiger charge is 2.01. The fourth-order valence-electron chi connectivity index (χ4n) is 0.460. The average Bonchev–Trinajstić information content (AvgIpc) is 1.82. The first kappa shape index (κ1) is 8.69. The lowest BCUT2D eigenvalue weighted by Gasteiger charge is -1.95. The zero-order chi connectivity index (χ0) is 7.28. The van der Waals surface area contributed by atoms with Gasteiger partial charge in [-0.25, -0.2) is 0 Å². The van der Waals surface area contributed by atoms with Crippen molar-refractivity contribution < 1.29 is 4.79 Å². The summed E-state index contributed by atoms with van der Waals surface area (Å²) in [5, 5.41) is 0. The van der Waals surface area contributed by atoms with Crippen LogP contribution < -0.4 is 0 Å². The summed E-state index contributed by atoms with van der Waals surface area (Å²) in [5.74, 6) is 0.804. The second-order valence-corrected chi connectivity index (χ2v) is 2.53. The molecule has 0 aliphatic carbocycles. The molecule has 0 aromatic carbocycles. The van der Waals surface area contributed by atoms with Crippen LogP contribution in [0, 0.1) is 0 Å². The van der Waals surface area contributed by atoms with Crippen LogP contribution >= 0.6 is 11.8 Å². The molecular formula is C6H11NOS. The van der Waals surface area contributed by atoms with Gasteiger partial charge in [-0.05, 0) is 6.26 Å². The molecule has 0 radical (unpaired) electrons. The van der Waals surface area contributed by atoms with Gasteiger partial charge in [0.2, 0.25) is 0 Å². The Bertz CT molecular complexity index is 131. The number of ketones is 1. The van der Waals surface area contributed by atoms with Gasteiger partial charge >= 0.3 is 0 Å². The Morgan fingerprint density at radius 2 is 2.22 bits per heavy atom. The molecule has 0 aromatic rings. The maximum Gasteiger partial charge on any atom is 0.174 e. The summed E-state index contributed by atoms with van der Waals surface area (Å²) in [7, 11) is 1.65. The minimum Gasteiger partial charge on any atom is -0.293 e. The van der Waals surface area contributed by atoms with E-state index in [9.17, 15) is 4.79 Å². The number of aliphatic imine (C=N–C) groups is 1. The zero-order valence-electron chi connectivity index (χ0n) is 5.97. The molecule has 0 heterocycles. The molecule has 0 amide bonds. The SMILES string of the molecule is CN=C(CSC)C(C)=O. The average molecular weight is 145 g/mol. The van der Waals surface area contributed by atoms with Crippen molar-refractivity contribution in [2.75, 3.05) is 19.1 Å². The highest BCUT2D eigenvalue weighted by atomic mass is 32.2. The molecule has 0 saturated carbocycles. The number of hydrogen-bond donors (Lipinski definition) is 0. The molecule has 0 unspecified atom stereocenters. The molecule has 9 heavy (non-hydrogen) atoms. The van der Waals surface area contributed by atoms with E-state index < -0.39 is 0 Å². The Labute approximate surface area is 59.7 Å². The van der Waals surface area contributed by atoms with Gasteiger partial charge < -0.3 is 0 Å². The summed E-state index contributed by atoms with van der Waals surface area (Å²) in [6.07, 6.45) is 1.95. The number of nitrogens with zero attached hydrogens (tertiary/aromatic N) is 1. The van der Waals surface area contributed by atoms with E-state index >= 15 is 0 Å². The number of hydrogen-bond acceptors (Lipinski definition) is 3. The second-order valence-electron chi connectivity index (χ2n) is 1.66. The highest BCUT2D eigenvalue weighted by molar-refractivity contribution is 7.99. The van der Waals surface area contributed by atoms with E-state index in [0.717, 1.165) is 5.75 Å². The van der Waals surface area contributed by atoms with E-state index in [1.54, 1.807) is 25.7 Å². The van der Waals surface area contributed by atoms with E-state index in [0.29, 0.717) is 5.71 Å². The Kier molecular flexibility index (Phi) is 4.40. The van der Waals surface area contributed by atoms with Crippen molar-refractivity contribution in [2.24, 2.45) is 4.99 Å². The van der Waals surface area contributed by atoms with Gasteiger partial charge in [-0.15, -0.1) is 0 Å². The minimum atomic E-state index is 0.0758. The van der Waals surface area contributed by atoms with Gasteiger partial charge in [0.05, 0.1) is 5.71 Å². The van der Waals surface area contributed by atoms with Crippen molar-refractivity contribution in [2.45, 2.75) is 6.92 Å². The molecule has 0 aliphatic rings. The predicted octanol–water partition coefficient (Wildman–Crippen LogP) is 1.01. The maximum atomic E-state index is 10.6. The molecule has 0 spiro atoms. The predicted molar refractivity (Wildman–Crippen MR) is 42.4 cm³/mol. The van der Waals surface area contributed by atoms with Gasteiger partial charge in [0, 0.05) is 19.7 Å². The minimum absolute atomic E-state index is 0.0758. The lowest BCUT2D eigenvalue weighted by molar-refractivity contribution is -0.111. The molecule has 0 N–H and O–H groups in total. The summed E-state index contributed by atoms with van der Waals surface area (Å²) in [5.41, 5.74) is 0.669. The van der Waals surface area contributed by atoms with Crippen molar-refractivity contribution in [3.8, 4) is 0 Å². The molecule has 0 fully saturated rings. The normalized spacial score (nSPS) is 11.7. The molecular weight excluding hydrogens is 134 g/mol. The number of Topliss-reactive ketones (excluding diaryl/α,β-unsaturated/α-hetero) is 1. The molecule has 0 saturated heterocycles. The maximum absolute atomic E-state index is 10.6. The van der Waals surface area contributed by atoms with Gasteiger partial charge in [0.1, 0.15) is 0 Å². The lowest BCUT2D eigenvalue weighted by atomic mass is 10.3. The first-order valence-electron chi connectivity index (χ1n) is 2.68. The molecule has 52 valence electrons. The Morgan fingerprint density at radius 3 is 2.33 bits per heavy atom. The van der Waals surface area contributed by atoms with Gasteiger partial charge in [-0.1, -0.05) is 0 Å². The third-order valence-corrected chi connectivity index (χ3v) is 1.52. The smallest absolute Gasteiger partial charge is 0.174 e. The number of carbonyl (C=O) groups is 1. The van der Waals surface area contributed by atoms with E-state index in [-0.39, 0.29) is 5.78 Å². The van der Waals surface area contributed by atoms with Gasteiger partial charge in [-0.2, -0.15) is 11.8 Å². The van der Waals surface area contributed by atoms with Gasteiger partial charge in [-0.3, -0.25) is 9.79 Å². The van der Waals surface area contributed by atoms with Crippen molar-refractivity contribution in [3.63, 3.8) is 0 Å². The topological polar surface area (TPSA) is 29.4 Å². The highest BCUT2D eigenvalue weighted by Crippen LogP contribution is 1.93. The van der Waals surface area contributed by atoms with Crippen molar-refractivity contribution in [1.82, 2.24) is 0 Å². The van der Waals surface area contributed by atoms with Crippen LogP contribution in [0.15, 0.2) is 4.99 Å². The largest absolute Gasteiger partial charge is 0.293 e. The standard InChI is InChI=1S/C6H11NOS/c1-5(8)6(7-2)4-9-3/h4H2,1-3H3. The first-order valence-corrected chi connectivity index (χ1v) is 4.07. The summed E-state index contributed by atoms with van der Waals surface area (Å²) in [6, 6.07) is 0. The molecule has 0 bridgehead atoms. The number of carbonyl (C=O) groups excluding carboxylic acids is 1. The summed E-state index contributed by atoms with van der Waals surface area (Å²) in [4.78, 5) is 14.4. The van der Waals surface area contributed by atoms with Crippen LogP contribution in [0.3, 0.4) is 0 Å². The van der Waals surface area contributed by atoms with Crippen LogP contribution in [0.1, 0.15) is 6.92 Å². The van der Waals surface area contributed by atoms with Crippen molar-refractivity contribution in [1.29, 1.82) is 0 Å². The first-order chi connectivity index (χ1) is 4.22. The van der Waals surface area contributed by atoms with Gasteiger partial charge in [0.15, 0.2) is 5.78 Å². The molecule has 0 rings (SSSR count). The van der Waals surface area contributed by atoms with Crippen LogP contribution in [0.2, 0.25) is 0 Å². The third kappa shape index (κ3) is 3.30. The summed E-state index contributed by atoms with van der Waals surface area (Å²) < 4.78 is 0. The lowest BCUT2D eigenvalue weighted by Crippen LogP contribution is -2.12. The Morgan fingerprint density at radius 1 is 1.67 bits per heavy atom. The van der Waals surface area contributed by atoms with E-state index in [2.05, 4.69) is 4.99 Å². The molecule has 0 aromatic heterocycles. The van der Waals surface area contributed by atoms with E-state index in [1.165, 1.54) is 0 Å². The molecule has 0 aliphatic heterocycles. The van der Waals surface area contributed by atoms with Crippen LogP contribution in [-0.2, 0) is 4.79 Å². The summed E-state index contributed by atoms with van der Waals surface area (Å²) >= 11 is 1.61. The van der Waals surface area contributed by atoms with Crippen LogP contribution in [0.4, 0.5) is 0 Å². The fourth-order valence-corrected chi connectivity index (χ4v) is 1.07. The molecule has 0 atom stereocenters. The van der Waals surface area contributed by atoms with Gasteiger partial charge in [0.25, 0.3) is 0 Å². The quantitative estimate of drug-likeness (QED) is 0.555. The zero-order valence-corrected chi connectivity index (χ0v) is 6.79. The molecule has 3 heteroatoms. The molecule has 2 nitrogen and oxygen atoms in total. The van der Waals surface area contributed by atoms with E-state index in [4.69, 9.17) is 0 Å². The Hall–Kier alpha value is -0.310. The number of rotatable bonds is 3. The monoisotopic (exact) mass is 145 g/mol. The van der Waals surface area contributed by atoms with Crippen molar-refractivity contribution >= 4 is 23.3 Å². The third-order valence-electron chi connectivity index (χ3n) is 0.957. The fraction of sp³-hybridized carbons (Fsp3) is 0.667. The summed E-state index contributed by atoms with van der Waals surface area (Å²) in [6.45, 7) is 1.54. The van der Waals surface area contributed by atoms with E-state index in [1.807, 2.05) is 6.26 Å². The van der Waals surface area contributed by atoms with Crippen LogP contribution in [-0.4, -0.2) is 30.6 Å². The Balaban J connectivity index is 3.85.